The van der Waals surface area contributed by atoms with E-state index < -0.39 is 5.82 Å². The highest BCUT2D eigenvalue weighted by molar-refractivity contribution is 5.31. The van der Waals surface area contributed by atoms with Gasteiger partial charge in [-0.25, -0.2) is 8.78 Å². The van der Waals surface area contributed by atoms with Crippen molar-refractivity contribution in [2.24, 2.45) is 0 Å². The maximum absolute atomic E-state index is 13.5. The van der Waals surface area contributed by atoms with Crippen LogP contribution in [0.4, 0.5) is 8.78 Å². The maximum Gasteiger partial charge on any atom is 0.165 e. The molecule has 4 heteroatoms. The van der Waals surface area contributed by atoms with Crippen LogP contribution >= 0.6 is 0 Å². The van der Waals surface area contributed by atoms with E-state index >= 15 is 0 Å². The second-order valence-corrected chi connectivity index (χ2v) is 4.93. The van der Waals surface area contributed by atoms with Gasteiger partial charge in [0.05, 0.1) is 0 Å². The minimum absolute atomic E-state index is 0.172. The topological polar surface area (TPSA) is 32.3 Å². The third-order valence-corrected chi connectivity index (χ3v) is 3.17. The summed E-state index contributed by atoms with van der Waals surface area (Å²) >= 11 is 0. The number of aryl methyl sites for hydroxylation is 2. The number of hydrogen-bond donors (Lipinski definition) is 2. The van der Waals surface area contributed by atoms with Crippen LogP contribution in [-0.4, -0.2) is 5.11 Å². The van der Waals surface area contributed by atoms with E-state index in [1.165, 1.54) is 12.1 Å². The molecular weight excluding hydrogens is 260 g/mol. The fourth-order valence-electron chi connectivity index (χ4n) is 2.15. The summed E-state index contributed by atoms with van der Waals surface area (Å²) in [5.41, 5.74) is 2.98. The summed E-state index contributed by atoms with van der Waals surface area (Å²) in [5.74, 6) is -1.15. The maximum atomic E-state index is 13.5. The Morgan fingerprint density at radius 2 is 1.55 bits per heavy atom. The molecule has 0 aromatic heterocycles. The van der Waals surface area contributed by atoms with E-state index in [1.807, 2.05) is 0 Å². The number of halogens is 2. The predicted octanol–water partition coefficient (Wildman–Crippen LogP) is 3.58. The molecule has 0 radical (unpaired) electrons. The van der Waals surface area contributed by atoms with E-state index in [2.05, 4.69) is 5.32 Å². The molecule has 106 valence electrons. The fraction of sp³-hybridized carbons (Fsp3) is 0.250. The molecule has 2 aromatic carbocycles. The number of hydrogen-bond acceptors (Lipinski definition) is 2. The van der Waals surface area contributed by atoms with Gasteiger partial charge in [-0.3, -0.25) is 0 Å². The van der Waals surface area contributed by atoms with Crippen molar-refractivity contribution in [1.29, 1.82) is 0 Å². The molecule has 2 nitrogen and oxygen atoms in total. The Bertz CT molecular complexity index is 603. The standard InChI is InChI=1S/C16H17F2NO/c1-10-5-13(6-11(2)16(10)18)9-19-8-12-3-4-15(20)14(17)7-12/h3-7,19-20H,8-9H2,1-2H3. The first-order valence-electron chi connectivity index (χ1n) is 6.41. The normalized spacial score (nSPS) is 10.8. The van der Waals surface area contributed by atoms with Crippen LogP contribution in [0.3, 0.4) is 0 Å². The van der Waals surface area contributed by atoms with Gasteiger partial charge in [0.25, 0.3) is 0 Å². The van der Waals surface area contributed by atoms with E-state index in [9.17, 15) is 8.78 Å². The van der Waals surface area contributed by atoms with Crippen molar-refractivity contribution < 1.29 is 13.9 Å². The molecule has 2 aromatic rings. The van der Waals surface area contributed by atoms with Gasteiger partial charge >= 0.3 is 0 Å². The Kier molecular flexibility index (Phi) is 4.35. The SMILES string of the molecule is Cc1cc(CNCc2ccc(O)c(F)c2)cc(C)c1F. The third-order valence-electron chi connectivity index (χ3n) is 3.17. The molecule has 0 fully saturated rings. The highest BCUT2D eigenvalue weighted by Gasteiger charge is 2.05. The number of aromatic hydroxyl groups is 1. The third kappa shape index (κ3) is 3.33. The molecule has 0 aliphatic rings. The Morgan fingerprint density at radius 1 is 0.950 bits per heavy atom. The number of nitrogens with one attached hydrogen (secondary N) is 1. The monoisotopic (exact) mass is 277 g/mol. The van der Waals surface area contributed by atoms with Gasteiger partial charge in [-0.2, -0.15) is 0 Å². The highest BCUT2D eigenvalue weighted by Crippen LogP contribution is 2.17. The van der Waals surface area contributed by atoms with Gasteiger partial charge in [-0.15, -0.1) is 0 Å². The molecule has 0 atom stereocenters. The van der Waals surface area contributed by atoms with Gasteiger partial charge in [0, 0.05) is 13.1 Å². The van der Waals surface area contributed by atoms with Crippen molar-refractivity contribution >= 4 is 0 Å². The van der Waals surface area contributed by atoms with Crippen LogP contribution in [0.2, 0.25) is 0 Å². The zero-order valence-corrected chi connectivity index (χ0v) is 11.5. The van der Waals surface area contributed by atoms with Crippen LogP contribution in [0.25, 0.3) is 0 Å². The van der Waals surface area contributed by atoms with Gasteiger partial charge in [0.2, 0.25) is 0 Å². The molecule has 0 aliphatic carbocycles. The second-order valence-electron chi connectivity index (χ2n) is 4.93. The number of phenols is 1. The van der Waals surface area contributed by atoms with E-state index in [0.29, 0.717) is 24.2 Å². The zero-order valence-electron chi connectivity index (χ0n) is 11.5. The Labute approximate surface area is 117 Å². The molecule has 0 unspecified atom stereocenters. The summed E-state index contributed by atoms with van der Waals surface area (Å²) in [6, 6.07) is 7.88. The van der Waals surface area contributed by atoms with E-state index in [4.69, 9.17) is 5.11 Å². The van der Waals surface area contributed by atoms with E-state index in [-0.39, 0.29) is 11.6 Å². The lowest BCUT2D eigenvalue weighted by Gasteiger charge is -2.09. The van der Waals surface area contributed by atoms with Gasteiger partial charge in [-0.1, -0.05) is 18.2 Å². The first kappa shape index (κ1) is 14.5. The first-order chi connectivity index (χ1) is 9.47. The largest absolute Gasteiger partial charge is 0.505 e. The second kappa shape index (κ2) is 6.01. The van der Waals surface area contributed by atoms with Gasteiger partial charge in [0.15, 0.2) is 11.6 Å². The van der Waals surface area contributed by atoms with E-state index in [0.717, 1.165) is 11.1 Å². The van der Waals surface area contributed by atoms with Crippen LogP contribution in [-0.2, 0) is 13.1 Å². The van der Waals surface area contributed by atoms with Gasteiger partial charge < -0.3 is 10.4 Å². The molecule has 0 aliphatic heterocycles. The minimum atomic E-state index is -0.627. The molecule has 0 bridgehead atoms. The summed E-state index contributed by atoms with van der Waals surface area (Å²) in [7, 11) is 0. The lowest BCUT2D eigenvalue weighted by molar-refractivity contribution is 0.431. The van der Waals surface area contributed by atoms with Gasteiger partial charge in [0.1, 0.15) is 5.82 Å². The molecule has 2 N–H and O–H groups in total. The molecule has 2 rings (SSSR count). The molecule has 20 heavy (non-hydrogen) atoms. The highest BCUT2D eigenvalue weighted by atomic mass is 19.1. The van der Waals surface area contributed by atoms with Crippen LogP contribution in [0.1, 0.15) is 22.3 Å². The molecule has 0 amide bonds. The molecule has 0 heterocycles. The first-order valence-corrected chi connectivity index (χ1v) is 6.41. The zero-order chi connectivity index (χ0) is 14.7. The molecular formula is C16H17F2NO. The smallest absolute Gasteiger partial charge is 0.165 e. The Morgan fingerprint density at radius 3 is 2.15 bits per heavy atom. The predicted molar refractivity (Wildman–Crippen MR) is 74.5 cm³/mol. The van der Waals surface area contributed by atoms with Crippen molar-refractivity contribution in [3.8, 4) is 5.75 Å². The van der Waals surface area contributed by atoms with Crippen LogP contribution in [0.15, 0.2) is 30.3 Å². The van der Waals surface area contributed by atoms with Crippen LogP contribution in [0.5, 0.6) is 5.75 Å². The number of phenolic OH excluding ortho intramolecular Hbond substituents is 1. The van der Waals surface area contributed by atoms with Crippen molar-refractivity contribution in [1.82, 2.24) is 5.32 Å². The molecule has 0 spiro atoms. The summed E-state index contributed by atoms with van der Waals surface area (Å²) in [6.07, 6.45) is 0. The summed E-state index contributed by atoms with van der Waals surface area (Å²) in [4.78, 5) is 0. The van der Waals surface area contributed by atoms with Crippen molar-refractivity contribution in [2.75, 3.05) is 0 Å². The van der Waals surface area contributed by atoms with Crippen molar-refractivity contribution in [2.45, 2.75) is 26.9 Å². The fourth-order valence-corrected chi connectivity index (χ4v) is 2.15. The lowest BCUT2D eigenvalue weighted by Crippen LogP contribution is -2.13. The Hall–Kier alpha value is -1.94. The van der Waals surface area contributed by atoms with Crippen molar-refractivity contribution in [3.63, 3.8) is 0 Å². The van der Waals surface area contributed by atoms with Gasteiger partial charge in [-0.05, 0) is 48.2 Å². The van der Waals surface area contributed by atoms with Crippen molar-refractivity contribution in [3.05, 3.63) is 64.2 Å². The summed E-state index contributed by atoms with van der Waals surface area (Å²) in [6.45, 7) is 4.53. The Balaban J connectivity index is 1.97. The average Bonchev–Trinajstić information content (AvgIpc) is 2.40. The summed E-state index contributed by atoms with van der Waals surface area (Å²) in [5, 5.41) is 12.3. The lowest BCUT2D eigenvalue weighted by atomic mass is 10.1. The van der Waals surface area contributed by atoms with E-state index in [1.54, 1.807) is 32.0 Å². The summed E-state index contributed by atoms with van der Waals surface area (Å²) < 4.78 is 26.7. The van der Waals surface area contributed by atoms with Crippen LogP contribution in [0, 0.1) is 25.5 Å². The number of rotatable bonds is 4. The van der Waals surface area contributed by atoms with Crippen LogP contribution < -0.4 is 5.32 Å². The quantitative estimate of drug-likeness (QED) is 0.895. The minimum Gasteiger partial charge on any atom is -0.505 e. The molecule has 0 saturated heterocycles. The number of benzene rings is 2. The average molecular weight is 277 g/mol. The molecule has 0 saturated carbocycles.